The van der Waals surface area contributed by atoms with Crippen LogP contribution < -0.4 is 4.72 Å². The minimum atomic E-state index is -3.88. The van der Waals surface area contributed by atoms with E-state index in [1.54, 1.807) is 32.0 Å². The molecular weight excluding hydrogens is 333 g/mol. The third-order valence-electron chi connectivity index (χ3n) is 3.20. The molecule has 2 aromatic heterocycles. The van der Waals surface area contributed by atoms with Gasteiger partial charge in [-0.1, -0.05) is 0 Å². The summed E-state index contributed by atoms with van der Waals surface area (Å²) in [5.41, 5.74) is 1.34. The summed E-state index contributed by atoms with van der Waals surface area (Å²) in [6.45, 7) is 3.52. The molecule has 124 valence electrons. The zero-order chi connectivity index (χ0) is 17.3. The first-order chi connectivity index (χ1) is 11.3. The maximum atomic E-state index is 13.0. The van der Waals surface area contributed by atoms with Crippen molar-refractivity contribution in [2.75, 3.05) is 4.72 Å². The molecule has 7 nitrogen and oxygen atoms in total. The van der Waals surface area contributed by atoms with Crippen molar-refractivity contribution in [3.05, 3.63) is 59.7 Å². The maximum Gasteiger partial charge on any atom is 0.263 e. The van der Waals surface area contributed by atoms with Gasteiger partial charge in [0.1, 0.15) is 11.6 Å². The first kappa shape index (κ1) is 16.1. The number of anilines is 1. The van der Waals surface area contributed by atoms with Crippen molar-refractivity contribution < 1.29 is 12.8 Å². The van der Waals surface area contributed by atoms with Crippen molar-refractivity contribution in [2.24, 2.45) is 0 Å². The van der Waals surface area contributed by atoms with Crippen LogP contribution in [-0.2, 0) is 10.0 Å². The third-order valence-corrected chi connectivity index (χ3v) is 4.57. The Morgan fingerprint density at radius 1 is 1.00 bits per heavy atom. The number of nitrogens with one attached hydrogen (secondary N) is 1. The van der Waals surface area contributed by atoms with Crippen LogP contribution in [0.3, 0.4) is 0 Å². The van der Waals surface area contributed by atoms with Crippen molar-refractivity contribution >= 4 is 15.8 Å². The van der Waals surface area contributed by atoms with Crippen LogP contribution in [0.2, 0.25) is 0 Å². The summed E-state index contributed by atoms with van der Waals surface area (Å²) in [6.07, 6.45) is 0. The summed E-state index contributed by atoms with van der Waals surface area (Å²) >= 11 is 0. The van der Waals surface area contributed by atoms with Gasteiger partial charge in [-0.2, -0.15) is 14.9 Å². The van der Waals surface area contributed by atoms with E-state index in [-0.39, 0.29) is 10.7 Å². The number of nitrogens with zero attached hydrogens (tertiary/aromatic N) is 4. The molecule has 0 aliphatic carbocycles. The lowest BCUT2D eigenvalue weighted by Crippen LogP contribution is -2.16. The van der Waals surface area contributed by atoms with Crippen LogP contribution in [0.25, 0.3) is 5.82 Å². The molecule has 0 aliphatic heterocycles. The predicted molar refractivity (Wildman–Crippen MR) is 85.8 cm³/mol. The lowest BCUT2D eigenvalue weighted by Gasteiger charge is -2.09. The van der Waals surface area contributed by atoms with Crippen LogP contribution in [0.15, 0.2) is 47.4 Å². The summed E-state index contributed by atoms with van der Waals surface area (Å²) in [7, 11) is -3.88. The monoisotopic (exact) mass is 347 g/mol. The van der Waals surface area contributed by atoms with E-state index in [2.05, 4.69) is 20.0 Å². The van der Waals surface area contributed by atoms with Crippen molar-refractivity contribution in [2.45, 2.75) is 18.7 Å². The molecule has 0 aliphatic rings. The minimum absolute atomic E-state index is 0.0516. The molecular formula is C15H14FN5O2S. The molecule has 0 fully saturated rings. The quantitative estimate of drug-likeness (QED) is 0.781. The molecule has 2 heterocycles. The minimum Gasteiger partial charge on any atom is -0.263 e. The largest absolute Gasteiger partial charge is 0.263 e. The lowest BCUT2D eigenvalue weighted by atomic mass is 10.4. The Morgan fingerprint density at radius 3 is 2.33 bits per heavy atom. The number of sulfonamides is 1. The SMILES string of the molecule is Cc1ccc(-n2nc(C)cc2NS(=O)(=O)c2ccc(F)cc2)nn1. The summed E-state index contributed by atoms with van der Waals surface area (Å²) in [6, 6.07) is 9.56. The molecule has 0 amide bonds. The second kappa shape index (κ2) is 6.00. The molecule has 0 spiro atoms. The molecule has 1 aromatic carbocycles. The van der Waals surface area contributed by atoms with Crippen molar-refractivity contribution in [1.82, 2.24) is 20.0 Å². The third kappa shape index (κ3) is 3.25. The molecule has 24 heavy (non-hydrogen) atoms. The fourth-order valence-corrected chi connectivity index (χ4v) is 3.09. The topological polar surface area (TPSA) is 89.8 Å². The van der Waals surface area contributed by atoms with E-state index in [0.717, 1.165) is 17.8 Å². The Kier molecular flexibility index (Phi) is 4.02. The normalized spacial score (nSPS) is 11.5. The summed E-state index contributed by atoms with van der Waals surface area (Å²) in [5, 5.41) is 12.2. The van der Waals surface area contributed by atoms with Gasteiger partial charge in [-0.05, 0) is 50.2 Å². The average molecular weight is 347 g/mol. The molecule has 3 rings (SSSR count). The Labute approximate surface area is 138 Å². The zero-order valence-electron chi connectivity index (χ0n) is 12.9. The molecule has 9 heteroatoms. The summed E-state index contributed by atoms with van der Waals surface area (Å²) in [5.74, 6) is 0.0882. The number of benzene rings is 1. The van der Waals surface area contributed by atoms with E-state index < -0.39 is 15.8 Å². The molecule has 3 aromatic rings. The highest BCUT2D eigenvalue weighted by atomic mass is 32.2. The summed E-state index contributed by atoms with van der Waals surface area (Å²) < 4.78 is 41.7. The maximum absolute atomic E-state index is 13.0. The Bertz CT molecular complexity index is 966. The van der Waals surface area contributed by atoms with Crippen LogP contribution in [0.1, 0.15) is 11.4 Å². The van der Waals surface area contributed by atoms with E-state index in [0.29, 0.717) is 11.5 Å². The van der Waals surface area contributed by atoms with E-state index >= 15 is 0 Å². The van der Waals surface area contributed by atoms with Gasteiger partial charge in [0.15, 0.2) is 5.82 Å². The lowest BCUT2D eigenvalue weighted by molar-refractivity contribution is 0.599. The molecule has 0 saturated heterocycles. The van der Waals surface area contributed by atoms with Gasteiger partial charge in [0.25, 0.3) is 10.0 Å². The smallest absolute Gasteiger partial charge is 0.263 e. The van der Waals surface area contributed by atoms with Crippen LogP contribution in [-0.4, -0.2) is 28.4 Å². The molecule has 0 atom stereocenters. The molecule has 0 saturated carbocycles. The van der Waals surface area contributed by atoms with Gasteiger partial charge in [-0.15, -0.1) is 5.10 Å². The Balaban J connectivity index is 1.98. The van der Waals surface area contributed by atoms with Gasteiger partial charge in [0.05, 0.1) is 16.3 Å². The molecule has 0 bridgehead atoms. The van der Waals surface area contributed by atoms with Crippen LogP contribution >= 0.6 is 0 Å². The van der Waals surface area contributed by atoms with E-state index in [4.69, 9.17) is 0 Å². The van der Waals surface area contributed by atoms with Gasteiger partial charge < -0.3 is 0 Å². The van der Waals surface area contributed by atoms with E-state index in [9.17, 15) is 12.8 Å². The standard InChI is InChI=1S/C15H14FN5O2S/c1-10-3-8-14(18-17-10)21-15(9-11(2)19-21)20-24(22,23)13-6-4-12(16)5-7-13/h3-9,20H,1-2H3. The second-order valence-corrected chi connectivity index (χ2v) is 6.86. The van der Waals surface area contributed by atoms with Crippen LogP contribution in [0.4, 0.5) is 10.2 Å². The average Bonchev–Trinajstić information content (AvgIpc) is 2.88. The first-order valence-corrected chi connectivity index (χ1v) is 8.49. The number of rotatable bonds is 4. The number of aromatic nitrogens is 4. The van der Waals surface area contributed by atoms with Gasteiger partial charge >= 0.3 is 0 Å². The van der Waals surface area contributed by atoms with Crippen molar-refractivity contribution in [1.29, 1.82) is 0 Å². The Morgan fingerprint density at radius 2 is 1.71 bits per heavy atom. The zero-order valence-corrected chi connectivity index (χ0v) is 13.7. The molecule has 1 N–H and O–H groups in total. The van der Waals surface area contributed by atoms with Gasteiger partial charge in [-0.25, -0.2) is 12.8 Å². The van der Waals surface area contributed by atoms with Crippen LogP contribution in [0, 0.1) is 19.7 Å². The highest BCUT2D eigenvalue weighted by molar-refractivity contribution is 7.92. The van der Waals surface area contributed by atoms with E-state index in [1.807, 2.05) is 0 Å². The van der Waals surface area contributed by atoms with Gasteiger partial charge in [0, 0.05) is 6.07 Å². The van der Waals surface area contributed by atoms with Gasteiger partial charge in [0.2, 0.25) is 0 Å². The Hall–Kier alpha value is -2.81. The fraction of sp³-hybridized carbons (Fsp3) is 0.133. The summed E-state index contributed by atoms with van der Waals surface area (Å²) in [4.78, 5) is -0.0516. The first-order valence-electron chi connectivity index (χ1n) is 7.01. The highest BCUT2D eigenvalue weighted by Gasteiger charge is 2.18. The van der Waals surface area contributed by atoms with Crippen LogP contribution in [0.5, 0.6) is 0 Å². The number of aryl methyl sites for hydroxylation is 2. The number of hydrogen-bond acceptors (Lipinski definition) is 5. The second-order valence-electron chi connectivity index (χ2n) is 5.18. The molecule has 0 radical (unpaired) electrons. The predicted octanol–water partition coefficient (Wildman–Crippen LogP) is 2.22. The van der Waals surface area contributed by atoms with Gasteiger partial charge in [-0.3, -0.25) is 4.72 Å². The number of halogens is 1. The van der Waals surface area contributed by atoms with Crippen molar-refractivity contribution in [3.8, 4) is 5.82 Å². The fourth-order valence-electron chi connectivity index (χ4n) is 2.06. The van der Waals surface area contributed by atoms with Crippen molar-refractivity contribution in [3.63, 3.8) is 0 Å². The number of hydrogen-bond donors (Lipinski definition) is 1. The highest BCUT2D eigenvalue weighted by Crippen LogP contribution is 2.20. The molecule has 0 unspecified atom stereocenters. The van der Waals surface area contributed by atoms with E-state index in [1.165, 1.54) is 16.8 Å².